The number of nitrogens with zero attached hydrogens (tertiary/aromatic N) is 3. The molecule has 0 saturated carbocycles. The summed E-state index contributed by atoms with van der Waals surface area (Å²) < 4.78 is 28.3. The van der Waals surface area contributed by atoms with Crippen molar-refractivity contribution in [2.75, 3.05) is 52.4 Å². The molecule has 0 aliphatic carbocycles. The maximum absolute atomic E-state index is 13.4. The van der Waals surface area contributed by atoms with E-state index in [0.717, 1.165) is 38.0 Å². The fraction of sp³-hybridized carbons (Fsp3) is 0.682. The van der Waals surface area contributed by atoms with Crippen molar-refractivity contribution in [3.05, 3.63) is 29.8 Å². The first-order valence-corrected chi connectivity index (χ1v) is 12.6. The van der Waals surface area contributed by atoms with Crippen LogP contribution in [0.1, 0.15) is 38.2 Å². The van der Waals surface area contributed by atoms with Crippen LogP contribution >= 0.6 is 0 Å². The number of rotatable bonds is 8. The minimum absolute atomic E-state index is 0.0345. The fourth-order valence-corrected chi connectivity index (χ4v) is 5.84. The highest BCUT2D eigenvalue weighted by Crippen LogP contribution is 2.20. The normalized spacial score (nSPS) is 21.2. The average Bonchev–Trinajstić information content (AvgIpc) is 2.75. The molecular weight excluding hydrogens is 400 g/mol. The van der Waals surface area contributed by atoms with Crippen LogP contribution in [0.25, 0.3) is 0 Å². The molecule has 0 spiro atoms. The van der Waals surface area contributed by atoms with E-state index in [1.807, 2.05) is 17.9 Å². The van der Waals surface area contributed by atoms with Crippen LogP contribution in [0.3, 0.4) is 0 Å². The molecule has 1 aromatic rings. The molecule has 3 rings (SSSR count). The van der Waals surface area contributed by atoms with Gasteiger partial charge in [0.1, 0.15) is 0 Å². The van der Waals surface area contributed by atoms with E-state index in [4.69, 9.17) is 0 Å². The number of hydrogen-bond donors (Lipinski definition) is 1. The van der Waals surface area contributed by atoms with Crippen LogP contribution in [0, 0.1) is 6.92 Å². The van der Waals surface area contributed by atoms with Gasteiger partial charge in [0, 0.05) is 58.3 Å². The lowest BCUT2D eigenvalue weighted by atomic mass is 10.0. The van der Waals surface area contributed by atoms with Gasteiger partial charge in [0.25, 0.3) is 0 Å². The third-order valence-electron chi connectivity index (χ3n) is 6.25. The SMILES string of the molecule is Cc1cccc(S(=O)(=O)N(CCC(=O)N2CCNCC2)CCN2CCCCC2C)c1. The number of sulfonamides is 1. The summed E-state index contributed by atoms with van der Waals surface area (Å²) in [4.78, 5) is 17.2. The van der Waals surface area contributed by atoms with Crippen LogP contribution in [-0.4, -0.2) is 86.8 Å². The number of aryl methyl sites for hydroxylation is 1. The Morgan fingerprint density at radius 1 is 1.17 bits per heavy atom. The molecule has 1 unspecified atom stereocenters. The van der Waals surface area contributed by atoms with Crippen molar-refractivity contribution < 1.29 is 13.2 Å². The number of benzene rings is 1. The Balaban J connectivity index is 1.70. The van der Waals surface area contributed by atoms with Gasteiger partial charge in [-0.3, -0.25) is 9.69 Å². The second kappa shape index (κ2) is 10.7. The van der Waals surface area contributed by atoms with Gasteiger partial charge in [-0.2, -0.15) is 4.31 Å². The molecule has 168 valence electrons. The highest BCUT2D eigenvalue weighted by Gasteiger charge is 2.28. The van der Waals surface area contributed by atoms with E-state index in [0.29, 0.717) is 37.1 Å². The molecule has 1 atom stereocenters. The second-order valence-corrected chi connectivity index (χ2v) is 10.4. The van der Waals surface area contributed by atoms with Crippen molar-refractivity contribution >= 4 is 15.9 Å². The smallest absolute Gasteiger partial charge is 0.243 e. The summed E-state index contributed by atoms with van der Waals surface area (Å²) in [5, 5.41) is 3.24. The fourth-order valence-electron chi connectivity index (χ4n) is 4.30. The van der Waals surface area contributed by atoms with Gasteiger partial charge in [-0.25, -0.2) is 8.42 Å². The molecule has 0 radical (unpaired) electrons. The van der Waals surface area contributed by atoms with E-state index in [1.54, 1.807) is 18.2 Å². The van der Waals surface area contributed by atoms with E-state index >= 15 is 0 Å². The third kappa shape index (κ3) is 6.03. The van der Waals surface area contributed by atoms with Crippen LogP contribution in [0.5, 0.6) is 0 Å². The molecule has 2 aliphatic rings. The summed E-state index contributed by atoms with van der Waals surface area (Å²) in [5.41, 5.74) is 0.914. The number of carbonyl (C=O) groups excluding carboxylic acids is 1. The first-order chi connectivity index (χ1) is 14.4. The van der Waals surface area contributed by atoms with Crippen LogP contribution < -0.4 is 5.32 Å². The van der Waals surface area contributed by atoms with Crippen molar-refractivity contribution in [3.8, 4) is 0 Å². The zero-order valence-corrected chi connectivity index (χ0v) is 19.2. The summed E-state index contributed by atoms with van der Waals surface area (Å²) in [6.07, 6.45) is 3.78. The molecule has 0 aromatic heterocycles. The molecule has 2 aliphatic heterocycles. The monoisotopic (exact) mass is 436 g/mol. The highest BCUT2D eigenvalue weighted by atomic mass is 32.2. The number of nitrogens with one attached hydrogen (secondary N) is 1. The summed E-state index contributed by atoms with van der Waals surface area (Å²) in [6, 6.07) is 7.51. The molecule has 2 saturated heterocycles. The van der Waals surface area contributed by atoms with E-state index < -0.39 is 10.0 Å². The topological polar surface area (TPSA) is 73.0 Å². The molecule has 2 fully saturated rings. The Labute approximate surface area is 181 Å². The molecule has 7 nitrogen and oxygen atoms in total. The van der Waals surface area contributed by atoms with Crippen molar-refractivity contribution in [2.45, 2.75) is 50.5 Å². The van der Waals surface area contributed by atoms with E-state index in [9.17, 15) is 13.2 Å². The number of piperidine rings is 1. The lowest BCUT2D eigenvalue weighted by Crippen LogP contribution is -2.48. The Bertz CT molecular complexity index is 808. The molecule has 30 heavy (non-hydrogen) atoms. The zero-order valence-electron chi connectivity index (χ0n) is 18.3. The third-order valence-corrected chi connectivity index (χ3v) is 8.14. The predicted octanol–water partition coefficient (Wildman–Crippen LogP) is 1.68. The van der Waals surface area contributed by atoms with Gasteiger partial charge in [-0.05, 0) is 50.9 Å². The summed E-state index contributed by atoms with van der Waals surface area (Å²) in [6.45, 7) is 9.43. The minimum atomic E-state index is -3.64. The van der Waals surface area contributed by atoms with E-state index in [1.165, 1.54) is 10.7 Å². The zero-order chi connectivity index (χ0) is 21.6. The van der Waals surface area contributed by atoms with Gasteiger partial charge in [0.15, 0.2) is 0 Å². The Kier molecular flexibility index (Phi) is 8.27. The first kappa shape index (κ1) is 23.2. The molecule has 1 aromatic carbocycles. The highest BCUT2D eigenvalue weighted by molar-refractivity contribution is 7.89. The molecule has 8 heteroatoms. The Hall–Kier alpha value is -1.48. The second-order valence-electron chi connectivity index (χ2n) is 8.48. The summed E-state index contributed by atoms with van der Waals surface area (Å²) in [5.74, 6) is 0.0345. The van der Waals surface area contributed by atoms with Crippen LogP contribution in [0.2, 0.25) is 0 Å². The number of piperazine rings is 1. The summed E-state index contributed by atoms with van der Waals surface area (Å²) in [7, 11) is -3.64. The average molecular weight is 437 g/mol. The minimum Gasteiger partial charge on any atom is -0.340 e. The molecule has 2 heterocycles. The van der Waals surface area contributed by atoms with Gasteiger partial charge in [0.2, 0.25) is 15.9 Å². The first-order valence-electron chi connectivity index (χ1n) is 11.2. The van der Waals surface area contributed by atoms with Gasteiger partial charge >= 0.3 is 0 Å². The maximum atomic E-state index is 13.4. The quantitative estimate of drug-likeness (QED) is 0.671. The Morgan fingerprint density at radius 2 is 1.93 bits per heavy atom. The van der Waals surface area contributed by atoms with Gasteiger partial charge in [-0.15, -0.1) is 0 Å². The lowest BCUT2D eigenvalue weighted by molar-refractivity contribution is -0.131. The van der Waals surface area contributed by atoms with Gasteiger partial charge in [-0.1, -0.05) is 18.6 Å². The number of carbonyl (C=O) groups is 1. The molecule has 1 amide bonds. The molecule has 1 N–H and O–H groups in total. The standard InChI is InChI=1S/C22H36N4O3S/c1-19-6-5-8-21(18-19)30(28,29)26(17-16-24-12-4-3-7-20(24)2)13-9-22(27)25-14-10-23-11-15-25/h5-6,8,18,20,23H,3-4,7,9-17H2,1-2H3. The van der Waals surface area contributed by atoms with Gasteiger partial charge in [0.05, 0.1) is 4.90 Å². The molecule has 0 bridgehead atoms. The van der Waals surface area contributed by atoms with E-state index in [2.05, 4.69) is 17.1 Å². The van der Waals surface area contributed by atoms with Crippen molar-refractivity contribution in [1.82, 2.24) is 19.4 Å². The largest absolute Gasteiger partial charge is 0.340 e. The van der Waals surface area contributed by atoms with Gasteiger partial charge < -0.3 is 10.2 Å². The maximum Gasteiger partial charge on any atom is 0.243 e. The lowest BCUT2D eigenvalue weighted by Gasteiger charge is -2.35. The van der Waals surface area contributed by atoms with Crippen molar-refractivity contribution in [3.63, 3.8) is 0 Å². The predicted molar refractivity (Wildman–Crippen MR) is 119 cm³/mol. The summed E-state index contributed by atoms with van der Waals surface area (Å²) >= 11 is 0. The van der Waals surface area contributed by atoms with Crippen LogP contribution in [-0.2, 0) is 14.8 Å². The number of likely N-dealkylation sites (tertiary alicyclic amines) is 1. The number of hydrogen-bond acceptors (Lipinski definition) is 5. The Morgan fingerprint density at radius 3 is 2.63 bits per heavy atom. The van der Waals surface area contributed by atoms with Crippen LogP contribution in [0.4, 0.5) is 0 Å². The molecular formula is C22H36N4O3S. The van der Waals surface area contributed by atoms with Crippen LogP contribution in [0.15, 0.2) is 29.2 Å². The van der Waals surface area contributed by atoms with Crippen molar-refractivity contribution in [1.29, 1.82) is 0 Å². The number of amides is 1. The van der Waals surface area contributed by atoms with Crippen molar-refractivity contribution in [2.24, 2.45) is 0 Å². The van der Waals surface area contributed by atoms with E-state index in [-0.39, 0.29) is 18.9 Å².